The first-order chi connectivity index (χ1) is 9.13. The molecule has 0 bridgehead atoms. The molecule has 3 rings (SSSR count). The molecular weight excluding hydrogens is 280 g/mol. The van der Waals surface area contributed by atoms with Crippen LogP contribution in [0.15, 0.2) is 40.9 Å². The monoisotopic (exact) mass is 290 g/mol. The van der Waals surface area contributed by atoms with Crippen LogP contribution in [0.2, 0.25) is 5.15 Å². The Morgan fingerprint density at radius 2 is 2.16 bits per heavy atom. The molecule has 0 atom stereocenters. The Hall–Kier alpha value is -1.65. The summed E-state index contributed by atoms with van der Waals surface area (Å²) in [4.78, 5) is 4.10. The minimum absolute atomic E-state index is 0.500. The molecule has 3 nitrogen and oxygen atoms in total. The van der Waals surface area contributed by atoms with E-state index in [0.29, 0.717) is 16.4 Å². The van der Waals surface area contributed by atoms with Crippen molar-refractivity contribution in [2.45, 2.75) is 13.5 Å². The molecule has 0 radical (unpaired) electrons. The SMILES string of the molecule is Cc1ccc2oc(=S)cc-2n1Cc1ccc(Cl)nc1. The van der Waals surface area contributed by atoms with Crippen LogP contribution in [0.4, 0.5) is 0 Å². The van der Waals surface area contributed by atoms with Crippen LogP contribution in [-0.4, -0.2) is 9.55 Å². The van der Waals surface area contributed by atoms with Gasteiger partial charge >= 0.3 is 0 Å². The van der Waals surface area contributed by atoms with E-state index in [1.54, 1.807) is 12.3 Å². The highest BCUT2D eigenvalue weighted by atomic mass is 35.5. The molecular formula is C14H11ClN2OS. The third kappa shape index (κ3) is 2.41. The summed E-state index contributed by atoms with van der Waals surface area (Å²) >= 11 is 10.9. The molecule has 2 aliphatic heterocycles. The van der Waals surface area contributed by atoms with Gasteiger partial charge in [-0.3, -0.25) is 0 Å². The zero-order valence-corrected chi connectivity index (χ0v) is 11.8. The molecule has 0 aliphatic carbocycles. The first-order valence-electron chi connectivity index (χ1n) is 5.84. The molecule has 0 spiro atoms. The fourth-order valence-electron chi connectivity index (χ4n) is 2.07. The van der Waals surface area contributed by atoms with Gasteiger partial charge < -0.3 is 8.98 Å². The largest absolute Gasteiger partial charge is 0.444 e. The molecule has 96 valence electrons. The van der Waals surface area contributed by atoms with Gasteiger partial charge in [0.25, 0.3) is 0 Å². The molecule has 19 heavy (non-hydrogen) atoms. The van der Waals surface area contributed by atoms with Crippen LogP contribution >= 0.6 is 23.8 Å². The Labute approximate surface area is 120 Å². The van der Waals surface area contributed by atoms with Crippen molar-refractivity contribution in [2.24, 2.45) is 0 Å². The molecule has 0 saturated heterocycles. The molecule has 1 aromatic rings. The smallest absolute Gasteiger partial charge is 0.193 e. The van der Waals surface area contributed by atoms with Gasteiger partial charge in [-0.05, 0) is 42.9 Å². The molecule has 0 fully saturated rings. The van der Waals surface area contributed by atoms with E-state index in [-0.39, 0.29) is 0 Å². The maximum atomic E-state index is 5.80. The van der Waals surface area contributed by atoms with Crippen molar-refractivity contribution in [1.29, 1.82) is 0 Å². The topological polar surface area (TPSA) is 31.0 Å². The van der Waals surface area contributed by atoms with Crippen LogP contribution in [0.25, 0.3) is 11.5 Å². The van der Waals surface area contributed by atoms with Gasteiger partial charge in [0, 0.05) is 24.5 Å². The summed E-state index contributed by atoms with van der Waals surface area (Å²) in [6.07, 6.45) is 1.78. The summed E-state index contributed by atoms with van der Waals surface area (Å²) in [6, 6.07) is 9.60. The van der Waals surface area contributed by atoms with E-state index in [1.807, 2.05) is 24.3 Å². The van der Waals surface area contributed by atoms with Crippen molar-refractivity contribution in [2.75, 3.05) is 0 Å². The first-order valence-corrected chi connectivity index (χ1v) is 6.62. The maximum Gasteiger partial charge on any atom is 0.193 e. The van der Waals surface area contributed by atoms with Crippen molar-refractivity contribution >= 4 is 23.8 Å². The van der Waals surface area contributed by atoms with Crippen molar-refractivity contribution in [3.63, 3.8) is 0 Å². The summed E-state index contributed by atoms with van der Waals surface area (Å²) in [5.74, 6) is 0.803. The van der Waals surface area contributed by atoms with E-state index in [0.717, 1.165) is 22.7 Å². The van der Waals surface area contributed by atoms with Crippen LogP contribution in [0, 0.1) is 11.6 Å². The number of halogens is 1. The van der Waals surface area contributed by atoms with E-state index in [4.69, 9.17) is 28.2 Å². The lowest BCUT2D eigenvalue weighted by Gasteiger charge is -2.15. The fourth-order valence-corrected chi connectivity index (χ4v) is 2.39. The van der Waals surface area contributed by atoms with E-state index < -0.39 is 0 Å². The average Bonchev–Trinajstić information content (AvgIpc) is 2.76. The van der Waals surface area contributed by atoms with E-state index >= 15 is 0 Å². The summed E-state index contributed by atoms with van der Waals surface area (Å²) in [6.45, 7) is 2.76. The summed E-state index contributed by atoms with van der Waals surface area (Å²) in [7, 11) is 0. The van der Waals surface area contributed by atoms with E-state index in [9.17, 15) is 0 Å². The van der Waals surface area contributed by atoms with Gasteiger partial charge in [-0.25, -0.2) is 4.98 Å². The minimum atomic E-state index is 0.500. The lowest BCUT2D eigenvalue weighted by atomic mass is 10.2. The lowest BCUT2D eigenvalue weighted by Crippen LogP contribution is -2.07. The third-order valence-electron chi connectivity index (χ3n) is 3.04. The lowest BCUT2D eigenvalue weighted by molar-refractivity contribution is 0.561. The Kier molecular flexibility index (Phi) is 3.12. The van der Waals surface area contributed by atoms with Gasteiger partial charge in [-0.1, -0.05) is 17.7 Å². The predicted octanol–water partition coefficient (Wildman–Crippen LogP) is 4.32. The summed E-state index contributed by atoms with van der Waals surface area (Å²) in [5.41, 5.74) is 3.22. The molecule has 0 aromatic carbocycles. The molecule has 2 aliphatic rings. The van der Waals surface area contributed by atoms with Gasteiger partial charge in [0.1, 0.15) is 5.15 Å². The predicted molar refractivity (Wildman–Crippen MR) is 77.2 cm³/mol. The Balaban J connectivity index is 2.07. The third-order valence-corrected chi connectivity index (χ3v) is 3.46. The van der Waals surface area contributed by atoms with Gasteiger partial charge in [0.2, 0.25) is 0 Å². The Morgan fingerprint density at radius 1 is 1.32 bits per heavy atom. The van der Waals surface area contributed by atoms with Crippen molar-refractivity contribution in [1.82, 2.24) is 9.55 Å². The summed E-state index contributed by atoms with van der Waals surface area (Å²) < 4.78 is 8.13. The second kappa shape index (κ2) is 4.79. The number of hydrogen-bond acceptors (Lipinski definition) is 3. The van der Waals surface area contributed by atoms with Crippen LogP contribution in [-0.2, 0) is 6.54 Å². The standard InChI is InChI=1S/C14H11ClN2OS/c1-9-2-4-12-11(6-14(19)18-12)17(9)8-10-3-5-13(15)16-7-10/h2-7H,8H2,1H3. The van der Waals surface area contributed by atoms with Crippen LogP contribution < -0.4 is 0 Å². The number of aryl methyl sites for hydroxylation is 1. The quantitative estimate of drug-likeness (QED) is 0.520. The zero-order valence-electron chi connectivity index (χ0n) is 10.3. The molecule has 1 aromatic heterocycles. The first kappa shape index (κ1) is 12.4. The number of furan rings is 1. The average molecular weight is 291 g/mol. The number of pyridine rings is 2. The maximum absolute atomic E-state index is 5.80. The van der Waals surface area contributed by atoms with E-state index in [2.05, 4.69) is 16.5 Å². The van der Waals surface area contributed by atoms with Gasteiger partial charge in [0.15, 0.2) is 10.5 Å². The van der Waals surface area contributed by atoms with Crippen LogP contribution in [0.1, 0.15) is 11.3 Å². The number of hydrogen-bond donors (Lipinski definition) is 0. The van der Waals surface area contributed by atoms with Crippen molar-refractivity contribution < 1.29 is 4.42 Å². The number of aromatic nitrogens is 2. The number of rotatable bonds is 2. The second-order valence-corrected chi connectivity index (χ2v) is 5.15. The molecule has 0 unspecified atom stereocenters. The van der Waals surface area contributed by atoms with Crippen LogP contribution in [0.5, 0.6) is 0 Å². The molecule has 5 heteroatoms. The van der Waals surface area contributed by atoms with Crippen molar-refractivity contribution in [3.8, 4) is 11.5 Å². The van der Waals surface area contributed by atoms with Crippen LogP contribution in [0.3, 0.4) is 0 Å². The molecule has 0 N–H and O–H groups in total. The fraction of sp³-hybridized carbons (Fsp3) is 0.143. The van der Waals surface area contributed by atoms with Gasteiger partial charge in [-0.15, -0.1) is 0 Å². The second-order valence-electron chi connectivity index (χ2n) is 4.36. The number of nitrogens with zero attached hydrogens (tertiary/aromatic N) is 2. The Morgan fingerprint density at radius 3 is 2.89 bits per heavy atom. The van der Waals surface area contributed by atoms with E-state index in [1.165, 1.54) is 0 Å². The minimum Gasteiger partial charge on any atom is -0.444 e. The highest BCUT2D eigenvalue weighted by Crippen LogP contribution is 2.26. The van der Waals surface area contributed by atoms with Gasteiger partial charge in [0.05, 0.1) is 5.69 Å². The highest BCUT2D eigenvalue weighted by molar-refractivity contribution is 7.71. The highest BCUT2D eigenvalue weighted by Gasteiger charge is 2.12. The molecule has 3 heterocycles. The number of fused-ring (bicyclic) bond motifs is 1. The van der Waals surface area contributed by atoms with Gasteiger partial charge in [-0.2, -0.15) is 0 Å². The molecule has 0 amide bonds. The molecule has 0 saturated carbocycles. The zero-order chi connectivity index (χ0) is 13.4. The van der Waals surface area contributed by atoms with Crippen molar-refractivity contribution in [3.05, 3.63) is 57.6 Å². The normalized spacial score (nSPS) is 11.1. The Bertz CT molecular complexity index is 745. The summed E-state index contributed by atoms with van der Waals surface area (Å²) in [5, 5.41) is 0.500.